The van der Waals surface area contributed by atoms with Gasteiger partial charge in [0.2, 0.25) is 21.8 Å². The lowest BCUT2D eigenvalue weighted by Crippen LogP contribution is -2.51. The quantitative estimate of drug-likeness (QED) is 0.473. The lowest BCUT2D eigenvalue weighted by molar-refractivity contribution is -0.141. The van der Waals surface area contributed by atoms with E-state index in [0.717, 1.165) is 16.3 Å². The molecule has 0 aliphatic heterocycles. The fraction of sp³-hybridized carbons (Fsp3) is 0.417. The number of carbonyl (C=O) groups excluding carboxylic acids is 2. The molecule has 0 aliphatic rings. The Bertz CT molecular complexity index is 1090. The fourth-order valence-corrected chi connectivity index (χ4v) is 5.03. The van der Waals surface area contributed by atoms with Crippen LogP contribution in [-0.2, 0) is 26.2 Å². The summed E-state index contributed by atoms with van der Waals surface area (Å²) in [5.41, 5.74) is 1.41. The third-order valence-corrected chi connectivity index (χ3v) is 7.94. The number of likely N-dealkylation sites (N-methyl/N-ethyl adjacent to an activating group) is 1. The summed E-state index contributed by atoms with van der Waals surface area (Å²) in [6.07, 6.45) is 1.07. The van der Waals surface area contributed by atoms with Crippen LogP contribution in [0.3, 0.4) is 0 Å². The third kappa shape index (κ3) is 6.95. The summed E-state index contributed by atoms with van der Waals surface area (Å²) in [5.74, 6) is -0.849. The van der Waals surface area contributed by atoms with Gasteiger partial charge in [-0.3, -0.25) is 9.59 Å². The molecule has 7 nitrogen and oxygen atoms in total. The summed E-state index contributed by atoms with van der Waals surface area (Å²) >= 11 is 12.7. The highest BCUT2D eigenvalue weighted by Crippen LogP contribution is 2.27. The first-order valence-corrected chi connectivity index (χ1v) is 13.3. The summed E-state index contributed by atoms with van der Waals surface area (Å²) in [7, 11) is -2.57. The van der Waals surface area contributed by atoms with E-state index in [1.807, 2.05) is 13.8 Å². The number of nitrogens with zero attached hydrogens (tertiary/aromatic N) is 2. The first kappa shape index (κ1) is 28.1. The first-order chi connectivity index (χ1) is 16.0. The highest BCUT2D eigenvalue weighted by molar-refractivity contribution is 7.89. The van der Waals surface area contributed by atoms with Gasteiger partial charge in [-0.2, -0.15) is 4.31 Å². The van der Waals surface area contributed by atoms with Crippen molar-refractivity contribution in [2.45, 2.75) is 51.1 Å². The Balaban J connectivity index is 2.37. The third-order valence-electron chi connectivity index (χ3n) is 5.41. The number of carbonyl (C=O) groups is 2. The molecule has 0 heterocycles. The highest BCUT2D eigenvalue weighted by atomic mass is 35.5. The van der Waals surface area contributed by atoms with Crippen molar-refractivity contribution in [1.82, 2.24) is 14.5 Å². The average Bonchev–Trinajstić information content (AvgIpc) is 2.79. The molecule has 0 radical (unpaired) electrons. The fourth-order valence-electron chi connectivity index (χ4n) is 3.40. The molecule has 1 atom stereocenters. The van der Waals surface area contributed by atoms with Crippen LogP contribution in [0.4, 0.5) is 0 Å². The molecule has 2 rings (SSSR count). The number of halogens is 2. The van der Waals surface area contributed by atoms with Crippen LogP contribution in [0.5, 0.6) is 0 Å². The standard InChI is InChI=1S/C24H31Cl2N3O4S/c1-5-14-27-24(31)22(6-2)29(15-19-20(25)8-7-9-21(19)26)23(30)16-28(4)34(32,33)18-12-10-17(3)11-13-18/h7-13,22H,5-6,14-16H2,1-4H3,(H,27,31)/t22-/m0/s1. The molecular formula is C24H31Cl2N3O4S. The SMILES string of the molecule is CCCNC(=O)[C@H](CC)N(Cc1c(Cl)cccc1Cl)C(=O)CN(C)S(=O)(=O)c1ccc(C)cc1. The van der Waals surface area contributed by atoms with Gasteiger partial charge in [0.1, 0.15) is 6.04 Å². The van der Waals surface area contributed by atoms with E-state index in [4.69, 9.17) is 23.2 Å². The Morgan fingerprint density at radius 3 is 2.15 bits per heavy atom. The van der Waals surface area contributed by atoms with E-state index in [9.17, 15) is 18.0 Å². The molecule has 0 aliphatic carbocycles. The molecule has 2 aromatic carbocycles. The van der Waals surface area contributed by atoms with Gasteiger partial charge < -0.3 is 10.2 Å². The molecule has 0 saturated carbocycles. The van der Waals surface area contributed by atoms with E-state index in [1.165, 1.54) is 24.1 Å². The van der Waals surface area contributed by atoms with E-state index in [1.54, 1.807) is 37.3 Å². The van der Waals surface area contributed by atoms with Gasteiger partial charge in [0, 0.05) is 35.7 Å². The zero-order valence-electron chi connectivity index (χ0n) is 19.8. The Morgan fingerprint density at radius 2 is 1.62 bits per heavy atom. The second kappa shape index (κ2) is 12.5. The van der Waals surface area contributed by atoms with Crippen molar-refractivity contribution in [1.29, 1.82) is 0 Å². The van der Waals surface area contributed by atoms with Crippen LogP contribution in [0.1, 0.15) is 37.8 Å². The molecule has 0 saturated heterocycles. The topological polar surface area (TPSA) is 86.8 Å². The van der Waals surface area contributed by atoms with Crippen LogP contribution in [0, 0.1) is 6.92 Å². The van der Waals surface area contributed by atoms with Crippen LogP contribution in [0.2, 0.25) is 10.0 Å². The monoisotopic (exact) mass is 527 g/mol. The number of amides is 2. The van der Waals surface area contributed by atoms with Crippen molar-refractivity contribution < 1.29 is 18.0 Å². The van der Waals surface area contributed by atoms with Gasteiger partial charge in [0.15, 0.2) is 0 Å². The van der Waals surface area contributed by atoms with Gasteiger partial charge in [-0.1, -0.05) is 60.8 Å². The molecule has 1 N–H and O–H groups in total. The maximum atomic E-state index is 13.4. The molecule has 10 heteroatoms. The summed E-state index contributed by atoms with van der Waals surface area (Å²) in [5, 5.41) is 3.53. The number of sulfonamides is 1. The van der Waals surface area contributed by atoms with Gasteiger partial charge in [-0.25, -0.2) is 8.42 Å². The Morgan fingerprint density at radius 1 is 1.03 bits per heavy atom. The van der Waals surface area contributed by atoms with Crippen LogP contribution in [0.15, 0.2) is 47.4 Å². The zero-order chi connectivity index (χ0) is 25.5. The van der Waals surface area contributed by atoms with Crippen molar-refractivity contribution in [2.75, 3.05) is 20.1 Å². The van der Waals surface area contributed by atoms with Crippen LogP contribution in [-0.4, -0.2) is 55.6 Å². The lowest BCUT2D eigenvalue weighted by Gasteiger charge is -2.32. The molecule has 0 aromatic heterocycles. The van der Waals surface area contributed by atoms with E-state index in [2.05, 4.69) is 5.32 Å². The minimum absolute atomic E-state index is 0.0339. The molecule has 0 unspecified atom stereocenters. The van der Waals surface area contributed by atoms with Crippen molar-refractivity contribution in [2.24, 2.45) is 0 Å². The Hall–Kier alpha value is -2.13. The second-order valence-electron chi connectivity index (χ2n) is 8.01. The van der Waals surface area contributed by atoms with Gasteiger partial charge in [0.05, 0.1) is 11.4 Å². The largest absolute Gasteiger partial charge is 0.354 e. The minimum atomic E-state index is -3.91. The predicted molar refractivity (Wildman–Crippen MR) is 135 cm³/mol. The summed E-state index contributed by atoms with van der Waals surface area (Å²) in [4.78, 5) is 27.7. The predicted octanol–water partition coefficient (Wildman–Crippen LogP) is 4.26. The van der Waals surface area contributed by atoms with E-state index in [0.29, 0.717) is 28.6 Å². The van der Waals surface area contributed by atoms with Crippen LogP contribution in [0.25, 0.3) is 0 Å². The number of hydrogen-bond donors (Lipinski definition) is 1. The van der Waals surface area contributed by atoms with Gasteiger partial charge >= 0.3 is 0 Å². The molecule has 186 valence electrons. The zero-order valence-corrected chi connectivity index (χ0v) is 22.2. The van der Waals surface area contributed by atoms with E-state index in [-0.39, 0.29) is 17.3 Å². The summed E-state index contributed by atoms with van der Waals surface area (Å²) < 4.78 is 27.0. The van der Waals surface area contributed by atoms with Crippen molar-refractivity contribution in [3.05, 3.63) is 63.6 Å². The van der Waals surface area contributed by atoms with Crippen molar-refractivity contribution in [3.8, 4) is 0 Å². The first-order valence-electron chi connectivity index (χ1n) is 11.1. The van der Waals surface area contributed by atoms with Gasteiger partial charge in [0.25, 0.3) is 0 Å². The second-order valence-corrected chi connectivity index (χ2v) is 10.9. The summed E-state index contributed by atoms with van der Waals surface area (Å²) in [6, 6.07) is 10.6. The molecule has 2 amide bonds. The smallest absolute Gasteiger partial charge is 0.243 e. The van der Waals surface area contributed by atoms with Crippen LogP contribution >= 0.6 is 23.2 Å². The average molecular weight is 529 g/mol. The van der Waals surface area contributed by atoms with E-state index < -0.39 is 28.5 Å². The summed E-state index contributed by atoms with van der Waals surface area (Å²) in [6.45, 7) is 5.56. The van der Waals surface area contributed by atoms with Crippen LogP contribution < -0.4 is 5.32 Å². The molecule has 0 fully saturated rings. The molecule has 0 bridgehead atoms. The number of aryl methyl sites for hydroxylation is 1. The number of rotatable bonds is 11. The molecule has 2 aromatic rings. The molecule has 34 heavy (non-hydrogen) atoms. The van der Waals surface area contributed by atoms with Crippen molar-refractivity contribution >= 4 is 45.0 Å². The van der Waals surface area contributed by atoms with Crippen molar-refractivity contribution in [3.63, 3.8) is 0 Å². The number of hydrogen-bond acceptors (Lipinski definition) is 4. The van der Waals surface area contributed by atoms with Gasteiger partial charge in [-0.05, 0) is 44.0 Å². The Kier molecular flexibility index (Phi) is 10.4. The maximum Gasteiger partial charge on any atom is 0.243 e. The Labute approximate surface area is 212 Å². The molecule has 0 spiro atoms. The minimum Gasteiger partial charge on any atom is -0.354 e. The van der Waals surface area contributed by atoms with Gasteiger partial charge in [-0.15, -0.1) is 0 Å². The highest BCUT2D eigenvalue weighted by Gasteiger charge is 2.32. The number of nitrogens with one attached hydrogen (secondary N) is 1. The molecular weight excluding hydrogens is 497 g/mol. The normalized spacial score (nSPS) is 12.4. The van der Waals surface area contributed by atoms with E-state index >= 15 is 0 Å². The number of benzene rings is 2. The maximum absolute atomic E-state index is 13.4. The lowest BCUT2D eigenvalue weighted by atomic mass is 10.1.